The minimum Gasteiger partial charge on any atom is -0.466 e. The van der Waals surface area contributed by atoms with Gasteiger partial charge in [0.15, 0.2) is 0 Å². The Morgan fingerprint density at radius 2 is 1.78 bits per heavy atom. The third kappa shape index (κ3) is 14.6. The molecule has 0 aromatic rings. The van der Waals surface area contributed by atoms with Crippen LogP contribution in [-0.4, -0.2) is 49.7 Å². The summed E-state index contributed by atoms with van der Waals surface area (Å²) in [6, 6.07) is 0.246. The number of nitrogens with one attached hydrogen (secondary N) is 3. The van der Waals surface area contributed by atoms with Gasteiger partial charge in [-0.2, -0.15) is 0 Å². The Bertz CT molecular complexity index is 415. The van der Waals surface area contributed by atoms with E-state index in [1.54, 1.807) is 0 Å². The van der Waals surface area contributed by atoms with Gasteiger partial charge in [0.1, 0.15) is 0 Å². The molecule has 0 aromatic carbocycles. The third-order valence-corrected chi connectivity index (χ3v) is 4.81. The van der Waals surface area contributed by atoms with Gasteiger partial charge < -0.3 is 20.7 Å². The van der Waals surface area contributed by atoms with E-state index < -0.39 is 0 Å². The Balaban J connectivity index is 3.78. The second kappa shape index (κ2) is 14.9. The molecule has 0 saturated heterocycles. The van der Waals surface area contributed by atoms with Gasteiger partial charge >= 0.3 is 5.97 Å². The van der Waals surface area contributed by atoms with Crippen LogP contribution in [-0.2, 0) is 14.3 Å². The average molecular weight is 386 g/mol. The Kier molecular flexibility index (Phi) is 14.2. The van der Waals surface area contributed by atoms with Crippen LogP contribution in [0.4, 0.5) is 0 Å². The number of carbonyl (C=O) groups is 2. The van der Waals surface area contributed by atoms with Crippen molar-refractivity contribution in [3.63, 3.8) is 0 Å². The Morgan fingerprint density at radius 3 is 2.37 bits per heavy atom. The fourth-order valence-electron chi connectivity index (χ4n) is 2.66. The Morgan fingerprint density at radius 1 is 1.07 bits per heavy atom. The van der Waals surface area contributed by atoms with Gasteiger partial charge in [-0.1, -0.05) is 27.7 Å². The molecule has 160 valence electrons. The van der Waals surface area contributed by atoms with Crippen LogP contribution in [0.5, 0.6) is 0 Å². The van der Waals surface area contributed by atoms with Gasteiger partial charge in [-0.05, 0) is 52.0 Å². The van der Waals surface area contributed by atoms with Crippen molar-refractivity contribution >= 4 is 11.9 Å². The average Bonchev–Trinajstić information content (AvgIpc) is 2.61. The fourth-order valence-corrected chi connectivity index (χ4v) is 2.66. The minimum absolute atomic E-state index is 0.0348. The molecule has 0 fully saturated rings. The normalized spacial score (nSPS) is 14.6. The number of hydrogen-bond donors (Lipinski definition) is 3. The van der Waals surface area contributed by atoms with Crippen LogP contribution in [0.15, 0.2) is 0 Å². The molecule has 2 atom stereocenters. The predicted octanol–water partition coefficient (Wildman–Crippen LogP) is 3.01. The Hall–Kier alpha value is -1.14. The van der Waals surface area contributed by atoms with Gasteiger partial charge in [-0.25, -0.2) is 0 Å². The van der Waals surface area contributed by atoms with Crippen molar-refractivity contribution in [3.8, 4) is 0 Å². The van der Waals surface area contributed by atoms with Gasteiger partial charge in [0.05, 0.1) is 6.61 Å². The van der Waals surface area contributed by atoms with Gasteiger partial charge in [0, 0.05) is 37.5 Å². The van der Waals surface area contributed by atoms with Gasteiger partial charge in [-0.15, -0.1) is 0 Å². The molecular formula is C21H43N3O3. The quantitative estimate of drug-likeness (QED) is 0.281. The number of rotatable bonds is 16. The van der Waals surface area contributed by atoms with Crippen molar-refractivity contribution in [1.29, 1.82) is 0 Å². The first-order valence-electron chi connectivity index (χ1n) is 10.6. The van der Waals surface area contributed by atoms with Crippen molar-refractivity contribution < 1.29 is 14.3 Å². The lowest BCUT2D eigenvalue weighted by atomic mass is 9.92. The highest BCUT2D eigenvalue weighted by molar-refractivity contribution is 5.75. The summed E-state index contributed by atoms with van der Waals surface area (Å²) in [5.74, 6) is 0.302. The van der Waals surface area contributed by atoms with Crippen molar-refractivity contribution in [2.75, 3.05) is 26.2 Å². The minimum atomic E-state index is -0.128. The molecule has 0 radical (unpaired) electrons. The molecule has 6 heteroatoms. The molecule has 6 nitrogen and oxygen atoms in total. The van der Waals surface area contributed by atoms with Crippen LogP contribution in [0.3, 0.4) is 0 Å². The zero-order valence-electron chi connectivity index (χ0n) is 18.5. The van der Waals surface area contributed by atoms with Crippen molar-refractivity contribution in [1.82, 2.24) is 16.0 Å². The van der Waals surface area contributed by atoms with Crippen LogP contribution in [0.25, 0.3) is 0 Å². The van der Waals surface area contributed by atoms with Gasteiger partial charge in [0.2, 0.25) is 5.91 Å². The number of hydrogen-bond acceptors (Lipinski definition) is 5. The highest BCUT2D eigenvalue weighted by atomic mass is 16.5. The SMILES string of the molecule is CCCNC(C)(CC)CCC(=O)NCCNC(C)CCOC(=O)CC(C)C. The van der Waals surface area contributed by atoms with E-state index in [4.69, 9.17) is 4.74 Å². The van der Waals surface area contributed by atoms with Crippen LogP contribution in [0, 0.1) is 5.92 Å². The van der Waals surface area contributed by atoms with E-state index in [-0.39, 0.29) is 23.5 Å². The smallest absolute Gasteiger partial charge is 0.306 e. The van der Waals surface area contributed by atoms with E-state index in [1.165, 1.54) is 0 Å². The highest BCUT2D eigenvalue weighted by Crippen LogP contribution is 2.16. The van der Waals surface area contributed by atoms with Gasteiger partial charge in [-0.3, -0.25) is 9.59 Å². The largest absolute Gasteiger partial charge is 0.466 e. The summed E-state index contributed by atoms with van der Waals surface area (Å²) >= 11 is 0. The third-order valence-electron chi connectivity index (χ3n) is 4.81. The van der Waals surface area contributed by atoms with E-state index in [0.29, 0.717) is 38.5 Å². The summed E-state index contributed by atoms with van der Waals surface area (Å²) in [7, 11) is 0. The maximum Gasteiger partial charge on any atom is 0.306 e. The molecule has 0 spiro atoms. The number of carbonyl (C=O) groups excluding carboxylic acids is 2. The molecule has 0 heterocycles. The first-order chi connectivity index (χ1) is 12.7. The van der Waals surface area contributed by atoms with Gasteiger partial charge in [0.25, 0.3) is 0 Å². The molecule has 0 saturated carbocycles. The number of esters is 1. The van der Waals surface area contributed by atoms with Crippen LogP contribution >= 0.6 is 0 Å². The summed E-state index contributed by atoms with van der Waals surface area (Å²) < 4.78 is 5.22. The van der Waals surface area contributed by atoms with E-state index in [0.717, 1.165) is 32.2 Å². The lowest BCUT2D eigenvalue weighted by Gasteiger charge is -2.29. The first-order valence-corrected chi connectivity index (χ1v) is 10.6. The highest BCUT2D eigenvalue weighted by Gasteiger charge is 2.21. The van der Waals surface area contributed by atoms with Crippen LogP contribution < -0.4 is 16.0 Å². The standard InChI is InChI=1S/C21H43N3O3/c1-7-12-24-21(6,8-2)11-9-19(25)23-14-13-22-18(5)10-15-27-20(26)16-17(3)4/h17-18,22,24H,7-16H2,1-6H3,(H,23,25). The van der Waals surface area contributed by atoms with E-state index in [1.807, 2.05) is 13.8 Å². The molecule has 1 amide bonds. The zero-order chi connectivity index (χ0) is 20.7. The maximum absolute atomic E-state index is 12.0. The molecular weight excluding hydrogens is 342 g/mol. The van der Waals surface area contributed by atoms with E-state index in [9.17, 15) is 9.59 Å². The molecule has 0 aliphatic rings. The lowest BCUT2D eigenvalue weighted by molar-refractivity contribution is -0.144. The molecule has 0 rings (SSSR count). The van der Waals surface area contributed by atoms with Crippen LogP contribution in [0.2, 0.25) is 0 Å². The molecule has 0 aliphatic carbocycles. The summed E-state index contributed by atoms with van der Waals surface area (Å²) in [5.41, 5.74) is 0.0348. The van der Waals surface area contributed by atoms with E-state index >= 15 is 0 Å². The van der Waals surface area contributed by atoms with Crippen molar-refractivity contribution in [3.05, 3.63) is 0 Å². The second-order valence-electron chi connectivity index (χ2n) is 8.15. The Labute approximate surface area is 166 Å². The molecule has 27 heavy (non-hydrogen) atoms. The predicted molar refractivity (Wildman–Crippen MR) is 112 cm³/mol. The summed E-state index contributed by atoms with van der Waals surface area (Å²) in [4.78, 5) is 23.5. The van der Waals surface area contributed by atoms with Crippen molar-refractivity contribution in [2.24, 2.45) is 5.92 Å². The monoisotopic (exact) mass is 385 g/mol. The lowest BCUT2D eigenvalue weighted by Crippen LogP contribution is -2.43. The molecule has 0 aliphatic heterocycles. The maximum atomic E-state index is 12.0. The molecule has 2 unspecified atom stereocenters. The van der Waals surface area contributed by atoms with E-state index in [2.05, 4.69) is 43.6 Å². The van der Waals surface area contributed by atoms with Crippen molar-refractivity contribution in [2.45, 2.75) is 91.6 Å². The zero-order valence-corrected chi connectivity index (χ0v) is 18.5. The first kappa shape index (κ1) is 25.9. The molecule has 0 bridgehead atoms. The number of ether oxygens (including phenoxy) is 1. The molecule has 3 N–H and O–H groups in total. The summed E-state index contributed by atoms with van der Waals surface area (Å²) in [6.07, 6.45) is 4.75. The summed E-state index contributed by atoms with van der Waals surface area (Å²) in [5, 5.41) is 9.86. The second-order valence-corrected chi connectivity index (χ2v) is 8.15. The topological polar surface area (TPSA) is 79.5 Å². The van der Waals surface area contributed by atoms with Crippen LogP contribution in [0.1, 0.15) is 80.1 Å². The number of amides is 1. The summed E-state index contributed by atoms with van der Waals surface area (Å²) in [6.45, 7) is 15.3. The molecule has 0 aromatic heterocycles. The fraction of sp³-hybridized carbons (Fsp3) is 0.905.